The summed E-state index contributed by atoms with van der Waals surface area (Å²) in [6.45, 7) is 2.35. The van der Waals surface area contributed by atoms with Gasteiger partial charge in [-0.1, -0.05) is 18.2 Å². The van der Waals surface area contributed by atoms with E-state index in [9.17, 15) is 14.0 Å². The minimum absolute atomic E-state index is 0.0845. The lowest BCUT2D eigenvalue weighted by Gasteiger charge is -2.20. The summed E-state index contributed by atoms with van der Waals surface area (Å²) in [5, 5.41) is 3.60. The van der Waals surface area contributed by atoms with E-state index in [1.807, 2.05) is 6.07 Å². The number of fused-ring (bicyclic) bond motifs is 1. The van der Waals surface area contributed by atoms with Gasteiger partial charge < -0.3 is 15.0 Å². The lowest BCUT2D eigenvalue weighted by molar-refractivity contribution is -0.121. The zero-order chi connectivity index (χ0) is 20.8. The average molecular weight is 395 g/mol. The van der Waals surface area contributed by atoms with Crippen molar-refractivity contribution >= 4 is 22.7 Å². The van der Waals surface area contributed by atoms with Crippen molar-refractivity contribution in [1.82, 2.24) is 15.2 Å². The molecule has 2 aromatic carbocycles. The van der Waals surface area contributed by atoms with Gasteiger partial charge in [0.2, 0.25) is 5.91 Å². The molecule has 0 saturated carbocycles. The van der Waals surface area contributed by atoms with Gasteiger partial charge in [0, 0.05) is 18.5 Å². The maximum atomic E-state index is 12.9. The number of hydrogen-bond acceptors (Lipinski definition) is 4. The molecule has 0 spiro atoms. The fourth-order valence-electron chi connectivity index (χ4n) is 2.87. The van der Waals surface area contributed by atoms with Crippen LogP contribution in [0, 0.1) is 5.82 Å². The maximum absolute atomic E-state index is 12.9. The molecule has 2 amide bonds. The van der Waals surface area contributed by atoms with Gasteiger partial charge >= 0.3 is 0 Å². The number of likely N-dealkylation sites (N-methyl/N-ethyl adjacent to an activating group) is 1. The number of aromatic nitrogens is 1. The number of rotatable bonds is 7. The molecule has 1 N–H and O–H groups in total. The molecule has 6 nitrogen and oxygen atoms in total. The highest BCUT2D eigenvalue weighted by molar-refractivity contribution is 5.97. The monoisotopic (exact) mass is 395 g/mol. The van der Waals surface area contributed by atoms with Gasteiger partial charge in [-0.3, -0.25) is 9.59 Å². The molecule has 0 bridgehead atoms. The molecular weight excluding hydrogens is 373 g/mol. The number of amides is 2. The Morgan fingerprint density at radius 3 is 2.55 bits per heavy atom. The molecule has 1 heterocycles. The van der Waals surface area contributed by atoms with Crippen molar-refractivity contribution in [2.75, 3.05) is 20.2 Å². The second-order valence-corrected chi connectivity index (χ2v) is 6.48. The minimum atomic E-state index is -0.329. The van der Waals surface area contributed by atoms with Crippen molar-refractivity contribution in [2.24, 2.45) is 0 Å². The van der Waals surface area contributed by atoms with Crippen molar-refractivity contribution in [3.8, 4) is 5.75 Å². The molecule has 0 unspecified atom stereocenters. The second kappa shape index (κ2) is 9.14. The molecule has 0 atom stereocenters. The summed E-state index contributed by atoms with van der Waals surface area (Å²) in [5.74, 6) is -0.229. The quantitative estimate of drug-likeness (QED) is 0.667. The van der Waals surface area contributed by atoms with Gasteiger partial charge in [0.15, 0.2) is 0 Å². The number of ether oxygens (including phenoxy) is 1. The van der Waals surface area contributed by atoms with Gasteiger partial charge in [-0.05, 0) is 48.9 Å². The molecule has 0 radical (unpaired) electrons. The van der Waals surface area contributed by atoms with Gasteiger partial charge in [0.05, 0.1) is 19.2 Å². The van der Waals surface area contributed by atoms with Crippen molar-refractivity contribution in [3.63, 3.8) is 0 Å². The third kappa shape index (κ3) is 5.07. The fraction of sp³-hybridized carbons (Fsp3) is 0.227. The zero-order valence-corrected chi connectivity index (χ0v) is 16.3. The van der Waals surface area contributed by atoms with Crippen LogP contribution in [0.4, 0.5) is 4.39 Å². The third-order valence-electron chi connectivity index (χ3n) is 4.52. The van der Waals surface area contributed by atoms with Crippen LogP contribution in [0.5, 0.6) is 5.75 Å². The molecular formula is C22H22FN3O3. The van der Waals surface area contributed by atoms with Crippen LogP contribution < -0.4 is 10.1 Å². The molecule has 3 rings (SSSR count). The number of nitrogens with zero attached hydrogens (tertiary/aromatic N) is 2. The lowest BCUT2D eigenvalue weighted by atomic mass is 10.2. The van der Waals surface area contributed by atoms with Gasteiger partial charge in [-0.2, -0.15) is 0 Å². The topological polar surface area (TPSA) is 71.5 Å². The Kier molecular flexibility index (Phi) is 6.39. The SMILES string of the molecule is CCN(CC(=O)NCc1ccc(F)cc1)C(=O)c1ccc2cc(OC)ccc2n1. The highest BCUT2D eigenvalue weighted by atomic mass is 19.1. The van der Waals surface area contributed by atoms with E-state index >= 15 is 0 Å². The molecule has 0 aliphatic carbocycles. The molecule has 3 aromatic rings. The second-order valence-electron chi connectivity index (χ2n) is 6.48. The first-order valence-corrected chi connectivity index (χ1v) is 9.25. The molecule has 1 aromatic heterocycles. The predicted octanol–water partition coefficient (Wildman–Crippen LogP) is 3.16. The van der Waals surface area contributed by atoms with Crippen molar-refractivity contribution in [2.45, 2.75) is 13.5 Å². The number of halogens is 1. The summed E-state index contributed by atoms with van der Waals surface area (Å²) in [6.07, 6.45) is 0. The number of nitrogens with one attached hydrogen (secondary N) is 1. The number of pyridine rings is 1. The van der Waals surface area contributed by atoms with Crippen LogP contribution in [0.1, 0.15) is 23.0 Å². The molecule has 0 aliphatic heterocycles. The van der Waals surface area contributed by atoms with E-state index in [0.717, 1.165) is 10.9 Å². The summed E-state index contributed by atoms with van der Waals surface area (Å²) in [7, 11) is 1.59. The van der Waals surface area contributed by atoms with Gasteiger partial charge in [0.25, 0.3) is 5.91 Å². The van der Waals surface area contributed by atoms with Crippen molar-refractivity contribution in [1.29, 1.82) is 0 Å². The van der Waals surface area contributed by atoms with E-state index in [1.165, 1.54) is 17.0 Å². The summed E-state index contributed by atoms with van der Waals surface area (Å²) in [5.41, 5.74) is 1.73. The van der Waals surface area contributed by atoms with Crippen LogP contribution in [0.2, 0.25) is 0 Å². The fourth-order valence-corrected chi connectivity index (χ4v) is 2.87. The number of hydrogen-bond donors (Lipinski definition) is 1. The van der Waals surface area contributed by atoms with Crippen molar-refractivity contribution in [3.05, 3.63) is 71.7 Å². The number of carbonyl (C=O) groups is 2. The number of benzene rings is 2. The molecule has 0 aliphatic rings. The molecule has 0 saturated heterocycles. The molecule has 0 fully saturated rings. The van der Waals surface area contributed by atoms with Crippen LogP contribution in [-0.2, 0) is 11.3 Å². The Bertz CT molecular complexity index is 1020. The van der Waals surface area contributed by atoms with Gasteiger partial charge in [0.1, 0.15) is 17.3 Å². The first kappa shape index (κ1) is 20.3. The largest absolute Gasteiger partial charge is 0.497 e. The van der Waals surface area contributed by atoms with Crippen LogP contribution in [0.15, 0.2) is 54.6 Å². The Morgan fingerprint density at radius 1 is 1.10 bits per heavy atom. The average Bonchev–Trinajstić information content (AvgIpc) is 2.75. The highest BCUT2D eigenvalue weighted by Crippen LogP contribution is 2.20. The summed E-state index contributed by atoms with van der Waals surface area (Å²) in [6, 6.07) is 14.7. The van der Waals surface area contributed by atoms with Crippen LogP contribution in [-0.4, -0.2) is 41.9 Å². The van der Waals surface area contributed by atoms with Gasteiger partial charge in [-0.15, -0.1) is 0 Å². The van der Waals surface area contributed by atoms with E-state index in [-0.39, 0.29) is 36.4 Å². The third-order valence-corrected chi connectivity index (χ3v) is 4.52. The first-order chi connectivity index (χ1) is 14.0. The molecule has 150 valence electrons. The van der Waals surface area contributed by atoms with E-state index in [2.05, 4.69) is 10.3 Å². The number of carbonyl (C=O) groups excluding carboxylic acids is 2. The van der Waals surface area contributed by atoms with Crippen molar-refractivity contribution < 1.29 is 18.7 Å². The van der Waals surface area contributed by atoms with E-state index in [0.29, 0.717) is 17.8 Å². The Hall–Kier alpha value is -3.48. The zero-order valence-electron chi connectivity index (χ0n) is 16.3. The predicted molar refractivity (Wildman–Crippen MR) is 108 cm³/mol. The maximum Gasteiger partial charge on any atom is 0.272 e. The Balaban J connectivity index is 1.65. The van der Waals surface area contributed by atoms with Gasteiger partial charge in [-0.25, -0.2) is 9.37 Å². The standard InChI is InChI=1S/C22H22FN3O3/c1-3-26(14-21(27)24-13-15-4-7-17(23)8-5-15)22(28)20-10-6-16-12-18(29-2)9-11-19(16)25-20/h4-12H,3,13-14H2,1-2H3,(H,24,27). The minimum Gasteiger partial charge on any atom is -0.497 e. The summed E-state index contributed by atoms with van der Waals surface area (Å²) < 4.78 is 18.1. The van der Waals surface area contributed by atoms with Crippen LogP contribution in [0.25, 0.3) is 10.9 Å². The first-order valence-electron chi connectivity index (χ1n) is 9.25. The Labute approximate surface area is 168 Å². The van der Waals surface area contributed by atoms with Crippen LogP contribution >= 0.6 is 0 Å². The smallest absolute Gasteiger partial charge is 0.272 e. The molecule has 29 heavy (non-hydrogen) atoms. The molecule has 7 heteroatoms. The van der Waals surface area contributed by atoms with E-state index < -0.39 is 0 Å². The van der Waals surface area contributed by atoms with E-state index in [4.69, 9.17) is 4.74 Å². The lowest BCUT2D eigenvalue weighted by Crippen LogP contribution is -2.40. The summed E-state index contributed by atoms with van der Waals surface area (Å²) >= 11 is 0. The summed E-state index contributed by atoms with van der Waals surface area (Å²) in [4.78, 5) is 30.9. The highest BCUT2D eigenvalue weighted by Gasteiger charge is 2.19. The van der Waals surface area contributed by atoms with Crippen LogP contribution in [0.3, 0.4) is 0 Å². The Morgan fingerprint density at radius 2 is 1.86 bits per heavy atom. The number of methoxy groups -OCH3 is 1. The van der Waals surface area contributed by atoms with E-state index in [1.54, 1.807) is 50.4 Å². The normalized spacial score (nSPS) is 10.6.